The minimum Gasteiger partial charge on any atom is -0.382 e. The van der Waals surface area contributed by atoms with Gasteiger partial charge in [-0.3, -0.25) is 4.98 Å². The lowest BCUT2D eigenvalue weighted by Gasteiger charge is -2.37. The molecule has 2 N–H and O–H groups in total. The summed E-state index contributed by atoms with van der Waals surface area (Å²) in [5.74, 6) is 0.527. The van der Waals surface area contributed by atoms with Crippen molar-refractivity contribution in [3.8, 4) is 28.0 Å². The second kappa shape index (κ2) is 9.86. The van der Waals surface area contributed by atoms with Gasteiger partial charge in [0.15, 0.2) is 5.01 Å². The number of hydrogen-bond acceptors (Lipinski definition) is 10. The average Bonchev–Trinajstić information content (AvgIpc) is 3.58. The molecule has 1 aliphatic carbocycles. The Balaban J connectivity index is 1.29. The van der Waals surface area contributed by atoms with Gasteiger partial charge in [-0.05, 0) is 62.8 Å². The van der Waals surface area contributed by atoms with E-state index in [9.17, 15) is 13.7 Å². The predicted molar refractivity (Wildman–Crippen MR) is 151 cm³/mol. The molecule has 11 nitrogen and oxygen atoms in total. The summed E-state index contributed by atoms with van der Waals surface area (Å²) in [6.45, 7) is 5.68. The number of rotatable bonds is 7. The highest BCUT2D eigenvalue weighted by atomic mass is 32.2. The Hall–Kier alpha value is -3.60. The van der Waals surface area contributed by atoms with Crippen LogP contribution in [-0.2, 0) is 10.0 Å². The molecule has 39 heavy (non-hydrogen) atoms. The fourth-order valence-electron chi connectivity index (χ4n) is 5.72. The second-order valence-electron chi connectivity index (χ2n) is 10.6. The molecule has 0 unspecified atom stereocenters. The zero-order valence-corrected chi connectivity index (χ0v) is 23.5. The summed E-state index contributed by atoms with van der Waals surface area (Å²) < 4.78 is 28.3. The first-order valence-electron chi connectivity index (χ1n) is 12.9. The standard InChI is InChI=1S/C26H29N9O2S2/c1-15(2)30-21-9-22(23-7-6-19-8-16(10-27)11-29-35(19)23)28-12-20(21)25-31-32-26(38-25)34-13-17-4-5-18(14-34)24(17)33-39(3,36)37/h6-9,11-12,15,17-18,24,33H,4-5,13-14H2,1-3H3,(H,28,30)/t17-,18+,24-. The van der Waals surface area contributed by atoms with E-state index in [0.29, 0.717) is 5.56 Å². The van der Waals surface area contributed by atoms with Gasteiger partial charge < -0.3 is 10.2 Å². The summed E-state index contributed by atoms with van der Waals surface area (Å²) in [5, 5.41) is 27.8. The molecule has 1 saturated carbocycles. The van der Waals surface area contributed by atoms with Crippen LogP contribution in [0.15, 0.2) is 36.7 Å². The fraction of sp³-hybridized carbons (Fsp3) is 0.423. The summed E-state index contributed by atoms with van der Waals surface area (Å²) in [4.78, 5) is 7.00. The van der Waals surface area contributed by atoms with E-state index in [1.165, 1.54) is 17.6 Å². The SMILES string of the molecule is CC(C)Nc1cc(-c2ccc3cc(C#N)cnn23)ncc1-c1nnc(N2C[C@H]3CC[C@@H](C2)[C@@H]3NS(C)(=O)=O)s1. The van der Waals surface area contributed by atoms with Gasteiger partial charge in [0.25, 0.3) is 0 Å². The molecular weight excluding hydrogens is 534 g/mol. The summed E-state index contributed by atoms with van der Waals surface area (Å²) in [7, 11) is -3.24. The van der Waals surface area contributed by atoms with E-state index in [4.69, 9.17) is 4.98 Å². The van der Waals surface area contributed by atoms with Crippen LogP contribution < -0.4 is 14.9 Å². The number of nitriles is 1. The Kier molecular flexibility index (Phi) is 6.49. The van der Waals surface area contributed by atoms with Crippen LogP contribution in [0.2, 0.25) is 0 Å². The van der Waals surface area contributed by atoms with Crippen LogP contribution in [0, 0.1) is 23.2 Å². The minimum atomic E-state index is -3.24. The van der Waals surface area contributed by atoms with Crippen LogP contribution in [0.1, 0.15) is 32.3 Å². The molecule has 13 heteroatoms. The topological polar surface area (TPSA) is 141 Å². The highest BCUT2D eigenvalue weighted by Gasteiger charge is 2.44. The maximum absolute atomic E-state index is 11.9. The van der Waals surface area contributed by atoms with Gasteiger partial charge >= 0.3 is 0 Å². The van der Waals surface area contributed by atoms with Crippen molar-refractivity contribution >= 4 is 37.7 Å². The third-order valence-corrected chi connectivity index (χ3v) is 9.06. The first-order valence-corrected chi connectivity index (χ1v) is 15.6. The quantitative estimate of drug-likeness (QED) is 0.346. The largest absolute Gasteiger partial charge is 0.382 e. The van der Waals surface area contributed by atoms with Crippen molar-refractivity contribution in [1.29, 1.82) is 5.26 Å². The maximum atomic E-state index is 11.9. The van der Waals surface area contributed by atoms with E-state index < -0.39 is 10.0 Å². The molecule has 6 rings (SSSR count). The molecule has 2 fully saturated rings. The van der Waals surface area contributed by atoms with Gasteiger partial charge in [-0.2, -0.15) is 10.4 Å². The van der Waals surface area contributed by atoms with Gasteiger partial charge in [-0.15, -0.1) is 10.2 Å². The minimum absolute atomic E-state index is 0.00616. The lowest BCUT2D eigenvalue weighted by molar-refractivity contribution is 0.331. The molecule has 0 radical (unpaired) electrons. The normalized spacial score (nSPS) is 21.0. The van der Waals surface area contributed by atoms with Crippen molar-refractivity contribution in [3.05, 3.63) is 42.2 Å². The highest BCUT2D eigenvalue weighted by molar-refractivity contribution is 7.88. The Labute approximate surface area is 231 Å². The van der Waals surface area contributed by atoms with E-state index in [0.717, 1.165) is 64.2 Å². The van der Waals surface area contributed by atoms with Crippen molar-refractivity contribution in [3.63, 3.8) is 0 Å². The molecule has 202 valence electrons. The number of hydrogen-bond donors (Lipinski definition) is 2. The van der Waals surface area contributed by atoms with Crippen LogP contribution in [-0.4, -0.2) is 64.6 Å². The molecule has 1 saturated heterocycles. The summed E-state index contributed by atoms with van der Waals surface area (Å²) in [6, 6.07) is 9.98. The Morgan fingerprint density at radius 2 is 1.90 bits per heavy atom. The maximum Gasteiger partial charge on any atom is 0.208 e. The van der Waals surface area contributed by atoms with Crippen LogP contribution in [0.4, 0.5) is 10.8 Å². The van der Waals surface area contributed by atoms with Gasteiger partial charge in [-0.1, -0.05) is 11.3 Å². The predicted octanol–water partition coefficient (Wildman–Crippen LogP) is 3.37. The summed E-state index contributed by atoms with van der Waals surface area (Å²) >= 11 is 1.53. The van der Waals surface area contributed by atoms with Crippen LogP contribution in [0.3, 0.4) is 0 Å². The van der Waals surface area contributed by atoms with Crippen LogP contribution in [0.5, 0.6) is 0 Å². The fourth-order valence-corrected chi connectivity index (χ4v) is 7.49. The Morgan fingerprint density at radius 3 is 2.59 bits per heavy atom. The van der Waals surface area contributed by atoms with Gasteiger partial charge in [-0.25, -0.2) is 17.7 Å². The Bertz CT molecular complexity index is 1670. The van der Waals surface area contributed by atoms with E-state index in [2.05, 4.69) is 50.2 Å². The molecule has 0 amide bonds. The number of piperidine rings is 1. The summed E-state index contributed by atoms with van der Waals surface area (Å²) in [5.41, 5.74) is 4.68. The van der Waals surface area contributed by atoms with Crippen molar-refractivity contribution in [2.45, 2.75) is 38.8 Å². The first kappa shape index (κ1) is 25.7. The van der Waals surface area contributed by atoms with E-state index >= 15 is 0 Å². The smallest absolute Gasteiger partial charge is 0.208 e. The number of anilines is 2. The Morgan fingerprint density at radius 1 is 1.13 bits per heavy atom. The molecule has 0 spiro atoms. The lowest BCUT2D eigenvalue weighted by Crippen LogP contribution is -2.52. The van der Waals surface area contributed by atoms with Crippen molar-refractivity contribution in [1.82, 2.24) is 29.5 Å². The van der Waals surface area contributed by atoms with Gasteiger partial charge in [0, 0.05) is 37.1 Å². The van der Waals surface area contributed by atoms with E-state index in [1.54, 1.807) is 16.8 Å². The number of aromatic nitrogens is 5. The zero-order valence-electron chi connectivity index (χ0n) is 21.9. The van der Waals surface area contributed by atoms with Crippen LogP contribution in [0.25, 0.3) is 27.5 Å². The molecule has 2 aliphatic rings. The van der Waals surface area contributed by atoms with Crippen molar-refractivity contribution in [2.24, 2.45) is 11.8 Å². The highest BCUT2D eigenvalue weighted by Crippen LogP contribution is 2.41. The number of fused-ring (bicyclic) bond motifs is 3. The number of sulfonamides is 1. The number of nitrogens with one attached hydrogen (secondary N) is 2. The van der Waals surface area contributed by atoms with Crippen LogP contribution >= 0.6 is 11.3 Å². The van der Waals surface area contributed by atoms with E-state index in [-0.39, 0.29) is 23.9 Å². The molecular formula is C26H29N9O2S2. The van der Waals surface area contributed by atoms with Gasteiger partial charge in [0.2, 0.25) is 15.2 Å². The monoisotopic (exact) mass is 563 g/mol. The third kappa shape index (κ3) is 5.07. The van der Waals surface area contributed by atoms with Gasteiger partial charge in [0.1, 0.15) is 6.07 Å². The average molecular weight is 564 g/mol. The molecule has 2 bridgehead atoms. The van der Waals surface area contributed by atoms with E-state index in [1.807, 2.05) is 24.4 Å². The number of nitrogens with zero attached hydrogens (tertiary/aromatic N) is 7. The molecule has 0 aromatic carbocycles. The molecule has 4 aromatic rings. The lowest BCUT2D eigenvalue weighted by atomic mass is 9.93. The zero-order chi connectivity index (χ0) is 27.3. The molecule has 1 aliphatic heterocycles. The molecule has 3 atom stereocenters. The number of pyridine rings is 1. The van der Waals surface area contributed by atoms with Crippen molar-refractivity contribution in [2.75, 3.05) is 29.6 Å². The van der Waals surface area contributed by atoms with Gasteiger partial charge in [0.05, 0.1) is 40.5 Å². The molecule has 4 aromatic heterocycles. The second-order valence-corrected chi connectivity index (χ2v) is 13.4. The molecule has 5 heterocycles. The summed E-state index contributed by atoms with van der Waals surface area (Å²) in [6.07, 6.45) is 6.62. The first-order chi connectivity index (χ1) is 18.7. The van der Waals surface area contributed by atoms with Crippen molar-refractivity contribution < 1.29 is 8.42 Å². The third-order valence-electron chi connectivity index (χ3n) is 7.34.